The molecule has 0 saturated carbocycles. The van der Waals surface area contributed by atoms with Crippen molar-refractivity contribution in [3.05, 3.63) is 51.2 Å². The maximum Gasteiger partial charge on any atom is 0.127 e. The van der Waals surface area contributed by atoms with E-state index in [1.165, 1.54) is 6.07 Å². The van der Waals surface area contributed by atoms with Crippen molar-refractivity contribution >= 4 is 22.9 Å². The molecule has 0 amide bonds. The summed E-state index contributed by atoms with van der Waals surface area (Å²) in [5.74, 6) is -0.262. The van der Waals surface area contributed by atoms with E-state index in [-0.39, 0.29) is 11.9 Å². The highest BCUT2D eigenvalue weighted by Crippen LogP contribution is 2.27. The van der Waals surface area contributed by atoms with Crippen molar-refractivity contribution in [2.75, 3.05) is 7.05 Å². The van der Waals surface area contributed by atoms with Gasteiger partial charge in [-0.1, -0.05) is 17.7 Å². The number of thiazole rings is 1. The molecule has 90 valence electrons. The molecule has 0 aliphatic rings. The Morgan fingerprint density at radius 1 is 1.53 bits per heavy atom. The molecule has 0 aliphatic carbocycles. The summed E-state index contributed by atoms with van der Waals surface area (Å²) in [6, 6.07) is 4.79. The number of nitrogens with zero attached hydrogens (tertiary/aromatic N) is 1. The molecule has 17 heavy (non-hydrogen) atoms. The highest BCUT2D eigenvalue weighted by atomic mass is 35.5. The minimum Gasteiger partial charge on any atom is -0.312 e. The van der Waals surface area contributed by atoms with Crippen LogP contribution >= 0.6 is 22.9 Å². The summed E-state index contributed by atoms with van der Waals surface area (Å²) >= 11 is 7.56. The minimum absolute atomic E-state index is 0.0388. The molecule has 0 saturated heterocycles. The van der Waals surface area contributed by atoms with E-state index in [4.69, 9.17) is 11.6 Å². The Morgan fingerprint density at radius 3 is 2.94 bits per heavy atom. The molecule has 2 nitrogen and oxygen atoms in total. The van der Waals surface area contributed by atoms with Gasteiger partial charge >= 0.3 is 0 Å². The molecular formula is C12H12ClFN2S. The van der Waals surface area contributed by atoms with Gasteiger partial charge in [0.25, 0.3) is 0 Å². The van der Waals surface area contributed by atoms with Crippen molar-refractivity contribution < 1.29 is 4.39 Å². The third-order valence-electron chi connectivity index (χ3n) is 2.61. The Hall–Kier alpha value is -0.970. The minimum atomic E-state index is -0.262. The van der Waals surface area contributed by atoms with Crippen molar-refractivity contribution in [3.8, 4) is 0 Å². The van der Waals surface area contributed by atoms with Crippen LogP contribution in [0.4, 0.5) is 4.39 Å². The first kappa shape index (κ1) is 12.5. The quantitative estimate of drug-likeness (QED) is 0.921. The lowest BCUT2D eigenvalue weighted by Crippen LogP contribution is -2.18. The first-order chi connectivity index (χ1) is 8.22. The second kappa shape index (κ2) is 5.58. The molecule has 0 spiro atoms. The molecule has 0 bridgehead atoms. The van der Waals surface area contributed by atoms with Gasteiger partial charge in [0, 0.05) is 27.7 Å². The molecule has 1 unspecified atom stereocenters. The normalized spacial score (nSPS) is 12.6. The van der Waals surface area contributed by atoms with E-state index in [0.717, 1.165) is 4.88 Å². The summed E-state index contributed by atoms with van der Waals surface area (Å²) in [4.78, 5) is 5.11. The molecule has 0 fully saturated rings. The van der Waals surface area contributed by atoms with Gasteiger partial charge in [0.1, 0.15) is 5.82 Å². The van der Waals surface area contributed by atoms with Gasteiger partial charge in [0.2, 0.25) is 0 Å². The average Bonchev–Trinajstić information content (AvgIpc) is 2.82. The molecule has 1 heterocycles. The Bertz CT molecular complexity index is 467. The number of halogens is 2. The largest absolute Gasteiger partial charge is 0.312 e. The van der Waals surface area contributed by atoms with Crippen molar-refractivity contribution in [1.29, 1.82) is 0 Å². The molecule has 0 aliphatic heterocycles. The molecule has 1 aromatic carbocycles. The van der Waals surface area contributed by atoms with E-state index < -0.39 is 0 Å². The van der Waals surface area contributed by atoms with Gasteiger partial charge in [0.15, 0.2) is 0 Å². The van der Waals surface area contributed by atoms with E-state index in [2.05, 4.69) is 10.3 Å². The van der Waals surface area contributed by atoms with Gasteiger partial charge in [-0.2, -0.15) is 0 Å². The van der Waals surface area contributed by atoms with Crippen LogP contribution < -0.4 is 5.32 Å². The SMILES string of the molecule is CNC(Cc1c(F)cccc1Cl)c1cncs1. The van der Waals surface area contributed by atoms with Crippen LogP contribution in [0.1, 0.15) is 16.5 Å². The monoisotopic (exact) mass is 270 g/mol. The van der Waals surface area contributed by atoms with Crippen LogP contribution in [0, 0.1) is 5.82 Å². The van der Waals surface area contributed by atoms with Gasteiger partial charge in [0.05, 0.1) is 5.51 Å². The Kier molecular flexibility index (Phi) is 4.10. The first-order valence-electron chi connectivity index (χ1n) is 5.21. The van der Waals surface area contributed by atoms with Crippen molar-refractivity contribution in [1.82, 2.24) is 10.3 Å². The van der Waals surface area contributed by atoms with E-state index in [1.54, 1.807) is 35.2 Å². The third kappa shape index (κ3) is 2.83. The molecule has 2 rings (SSSR count). The summed E-state index contributed by atoms with van der Waals surface area (Å²) in [6.07, 6.45) is 2.31. The van der Waals surface area contributed by atoms with Gasteiger partial charge < -0.3 is 5.32 Å². The number of hydrogen-bond acceptors (Lipinski definition) is 3. The van der Waals surface area contributed by atoms with Crippen LogP contribution in [0.2, 0.25) is 5.02 Å². The summed E-state index contributed by atoms with van der Waals surface area (Å²) in [5.41, 5.74) is 2.31. The molecule has 5 heteroatoms. The van der Waals surface area contributed by atoms with Gasteiger partial charge in [-0.3, -0.25) is 4.98 Å². The van der Waals surface area contributed by atoms with Crippen LogP contribution in [-0.2, 0) is 6.42 Å². The summed E-state index contributed by atoms with van der Waals surface area (Å²) in [5, 5.41) is 3.62. The highest BCUT2D eigenvalue weighted by molar-refractivity contribution is 7.09. The standard InChI is InChI=1S/C12H12ClFN2S/c1-15-11(12-6-16-7-17-12)5-8-9(13)3-2-4-10(8)14/h2-4,6-7,11,15H,5H2,1H3. The first-order valence-corrected chi connectivity index (χ1v) is 6.46. The van der Waals surface area contributed by atoms with Crippen LogP contribution in [0.15, 0.2) is 29.9 Å². The Morgan fingerprint density at radius 2 is 2.35 bits per heavy atom. The second-order valence-electron chi connectivity index (χ2n) is 3.65. The van der Waals surface area contributed by atoms with E-state index in [1.807, 2.05) is 7.05 Å². The number of rotatable bonds is 4. The van der Waals surface area contributed by atoms with Crippen LogP contribution in [-0.4, -0.2) is 12.0 Å². The smallest absolute Gasteiger partial charge is 0.127 e. The molecule has 1 N–H and O–H groups in total. The Balaban J connectivity index is 2.25. The third-order valence-corrected chi connectivity index (χ3v) is 3.86. The van der Waals surface area contributed by atoms with Gasteiger partial charge in [-0.05, 0) is 25.6 Å². The van der Waals surface area contributed by atoms with E-state index in [0.29, 0.717) is 17.0 Å². The van der Waals surface area contributed by atoms with Crippen molar-refractivity contribution in [2.45, 2.75) is 12.5 Å². The lowest BCUT2D eigenvalue weighted by molar-refractivity contribution is 0.559. The van der Waals surface area contributed by atoms with Gasteiger partial charge in [-0.15, -0.1) is 11.3 Å². The fraction of sp³-hybridized carbons (Fsp3) is 0.250. The maximum absolute atomic E-state index is 13.7. The maximum atomic E-state index is 13.7. The van der Waals surface area contributed by atoms with Crippen molar-refractivity contribution in [3.63, 3.8) is 0 Å². The number of benzene rings is 1. The highest BCUT2D eigenvalue weighted by Gasteiger charge is 2.16. The average molecular weight is 271 g/mol. The van der Waals surface area contributed by atoms with Gasteiger partial charge in [-0.25, -0.2) is 4.39 Å². The lowest BCUT2D eigenvalue weighted by atomic mass is 10.0. The van der Waals surface area contributed by atoms with Crippen LogP contribution in [0.25, 0.3) is 0 Å². The Labute approximate surface area is 108 Å². The summed E-state index contributed by atoms with van der Waals surface area (Å²) in [7, 11) is 1.85. The fourth-order valence-electron chi connectivity index (χ4n) is 1.67. The summed E-state index contributed by atoms with van der Waals surface area (Å²) in [6.45, 7) is 0. The molecular weight excluding hydrogens is 259 g/mol. The molecule has 2 aromatic rings. The lowest BCUT2D eigenvalue weighted by Gasteiger charge is -2.15. The van der Waals surface area contributed by atoms with E-state index >= 15 is 0 Å². The molecule has 1 aromatic heterocycles. The number of aromatic nitrogens is 1. The van der Waals surface area contributed by atoms with Crippen LogP contribution in [0.5, 0.6) is 0 Å². The summed E-state index contributed by atoms with van der Waals surface area (Å²) < 4.78 is 13.7. The number of likely N-dealkylation sites (N-methyl/N-ethyl adjacent to an activating group) is 1. The zero-order valence-corrected chi connectivity index (χ0v) is 10.9. The zero-order chi connectivity index (χ0) is 12.3. The van der Waals surface area contributed by atoms with Crippen molar-refractivity contribution in [2.24, 2.45) is 0 Å². The zero-order valence-electron chi connectivity index (χ0n) is 9.28. The van der Waals surface area contributed by atoms with Crippen LogP contribution in [0.3, 0.4) is 0 Å². The number of hydrogen-bond donors (Lipinski definition) is 1. The number of nitrogens with one attached hydrogen (secondary N) is 1. The molecule has 0 radical (unpaired) electrons. The topological polar surface area (TPSA) is 24.9 Å². The fourth-order valence-corrected chi connectivity index (χ4v) is 2.64. The molecule has 1 atom stereocenters. The van der Waals surface area contributed by atoms with E-state index in [9.17, 15) is 4.39 Å². The predicted molar refractivity (Wildman–Crippen MR) is 69.0 cm³/mol. The predicted octanol–water partition coefficient (Wildman–Crippen LogP) is 3.44. The second-order valence-corrected chi connectivity index (χ2v) is 4.97.